The van der Waals surface area contributed by atoms with E-state index in [2.05, 4.69) is 10.2 Å². The van der Waals surface area contributed by atoms with Gasteiger partial charge in [0.2, 0.25) is 0 Å². The van der Waals surface area contributed by atoms with Crippen molar-refractivity contribution in [2.75, 3.05) is 39.3 Å². The van der Waals surface area contributed by atoms with E-state index in [1.807, 2.05) is 11.8 Å². The summed E-state index contributed by atoms with van der Waals surface area (Å²) in [7, 11) is 0. The van der Waals surface area contributed by atoms with Crippen molar-refractivity contribution in [3.63, 3.8) is 0 Å². The molecule has 1 atom stereocenters. The molecule has 3 rings (SSSR count). The lowest BCUT2D eigenvalue weighted by molar-refractivity contribution is 0.0773. The van der Waals surface area contributed by atoms with E-state index in [9.17, 15) is 9.18 Å². The van der Waals surface area contributed by atoms with Gasteiger partial charge < -0.3 is 10.2 Å². The minimum Gasteiger partial charge on any atom is -0.337 e. The average molecular weight is 328 g/mol. The number of nitrogens with zero attached hydrogens (tertiary/aromatic N) is 2. The van der Waals surface area contributed by atoms with Crippen LogP contribution in [0.25, 0.3) is 0 Å². The molecule has 1 aromatic rings. The molecule has 122 valence electrons. The molecule has 2 aliphatic rings. The van der Waals surface area contributed by atoms with Crippen LogP contribution < -0.4 is 5.32 Å². The zero-order valence-corrected chi connectivity index (χ0v) is 13.7. The molecule has 6 heteroatoms. The van der Waals surface area contributed by atoms with Crippen LogP contribution in [0.2, 0.25) is 0 Å². The molecular weight excluding hydrogens is 305 g/mol. The average Bonchev–Trinajstić information content (AvgIpc) is 2.96. The maximum Gasteiger partial charge on any atom is 0.254 e. The summed E-state index contributed by atoms with van der Waals surface area (Å²) < 4.78 is 13.5. The third-order valence-corrected chi connectivity index (χ3v) is 4.41. The van der Waals surface area contributed by atoms with Gasteiger partial charge in [-0.2, -0.15) is 0 Å². The largest absolute Gasteiger partial charge is 0.337 e. The van der Waals surface area contributed by atoms with E-state index < -0.39 is 0 Å². The summed E-state index contributed by atoms with van der Waals surface area (Å²) in [6.07, 6.45) is 1.01. The molecule has 2 saturated heterocycles. The first kappa shape index (κ1) is 17.2. The maximum atomic E-state index is 13.5. The van der Waals surface area contributed by atoms with Crippen LogP contribution in [-0.2, 0) is 0 Å². The summed E-state index contributed by atoms with van der Waals surface area (Å²) in [6, 6.07) is 5.01. The van der Waals surface area contributed by atoms with Crippen LogP contribution in [0.15, 0.2) is 18.2 Å². The number of halogens is 2. The van der Waals surface area contributed by atoms with Gasteiger partial charge in [-0.25, -0.2) is 4.39 Å². The molecule has 0 aromatic heterocycles. The Morgan fingerprint density at radius 3 is 2.64 bits per heavy atom. The quantitative estimate of drug-likeness (QED) is 0.897. The third-order valence-electron chi connectivity index (χ3n) is 4.41. The summed E-state index contributed by atoms with van der Waals surface area (Å²) in [4.78, 5) is 16.8. The molecule has 2 fully saturated rings. The number of rotatable bonds is 2. The van der Waals surface area contributed by atoms with Crippen molar-refractivity contribution < 1.29 is 9.18 Å². The summed E-state index contributed by atoms with van der Waals surface area (Å²) in [5.41, 5.74) is 1.25. The highest BCUT2D eigenvalue weighted by Gasteiger charge is 2.31. The lowest BCUT2D eigenvalue weighted by Crippen LogP contribution is -2.49. The molecule has 0 radical (unpaired) electrons. The SMILES string of the molecule is Cc1cc(F)cc(C(=O)N2CCC(N3CCNCC3)C2)c1.Cl. The molecule has 2 heterocycles. The molecule has 4 nitrogen and oxygen atoms in total. The molecule has 1 aromatic carbocycles. The highest BCUT2D eigenvalue weighted by Crippen LogP contribution is 2.19. The second-order valence-corrected chi connectivity index (χ2v) is 6.00. The van der Waals surface area contributed by atoms with Crippen molar-refractivity contribution in [3.8, 4) is 0 Å². The number of piperazine rings is 1. The van der Waals surface area contributed by atoms with E-state index in [0.29, 0.717) is 11.6 Å². The number of carbonyl (C=O) groups excluding carboxylic acids is 1. The number of nitrogens with one attached hydrogen (secondary N) is 1. The zero-order chi connectivity index (χ0) is 14.8. The molecule has 1 unspecified atom stereocenters. The minimum atomic E-state index is -0.337. The fraction of sp³-hybridized carbons (Fsp3) is 0.562. The van der Waals surface area contributed by atoms with Crippen LogP contribution in [0.5, 0.6) is 0 Å². The molecule has 0 saturated carbocycles. The zero-order valence-electron chi connectivity index (χ0n) is 12.8. The third kappa shape index (κ3) is 3.77. The van der Waals surface area contributed by atoms with Crippen LogP contribution in [0.3, 0.4) is 0 Å². The van der Waals surface area contributed by atoms with Gasteiger partial charge in [-0.05, 0) is 37.1 Å². The lowest BCUT2D eigenvalue weighted by atomic mass is 10.1. The van der Waals surface area contributed by atoms with Crippen LogP contribution >= 0.6 is 12.4 Å². The lowest BCUT2D eigenvalue weighted by Gasteiger charge is -2.32. The van der Waals surface area contributed by atoms with E-state index in [-0.39, 0.29) is 24.1 Å². The Kier molecular flexibility index (Phi) is 5.78. The van der Waals surface area contributed by atoms with E-state index in [1.165, 1.54) is 12.1 Å². The number of likely N-dealkylation sites (tertiary alicyclic amines) is 1. The Labute approximate surface area is 137 Å². The first-order valence-corrected chi connectivity index (χ1v) is 7.65. The van der Waals surface area contributed by atoms with Crippen molar-refractivity contribution in [3.05, 3.63) is 35.1 Å². The summed E-state index contributed by atoms with van der Waals surface area (Å²) >= 11 is 0. The summed E-state index contributed by atoms with van der Waals surface area (Å²) in [5.74, 6) is -0.383. The Morgan fingerprint density at radius 2 is 1.95 bits per heavy atom. The number of amides is 1. The van der Waals surface area contributed by atoms with Crippen molar-refractivity contribution in [2.24, 2.45) is 0 Å². The molecule has 0 bridgehead atoms. The molecule has 1 amide bonds. The van der Waals surface area contributed by atoms with E-state index in [1.54, 1.807) is 6.07 Å². The number of hydrogen-bond donors (Lipinski definition) is 1. The van der Waals surface area contributed by atoms with Gasteiger partial charge in [0.15, 0.2) is 0 Å². The van der Waals surface area contributed by atoms with Gasteiger partial charge in [-0.3, -0.25) is 9.69 Å². The topological polar surface area (TPSA) is 35.6 Å². The number of hydrogen-bond acceptors (Lipinski definition) is 3. The second kappa shape index (κ2) is 7.40. The van der Waals surface area contributed by atoms with Crippen LogP contribution in [0.1, 0.15) is 22.3 Å². The van der Waals surface area contributed by atoms with Crippen molar-refractivity contribution in [2.45, 2.75) is 19.4 Å². The second-order valence-electron chi connectivity index (χ2n) is 6.00. The van der Waals surface area contributed by atoms with E-state index in [4.69, 9.17) is 0 Å². The van der Waals surface area contributed by atoms with Crippen molar-refractivity contribution >= 4 is 18.3 Å². The minimum absolute atomic E-state index is 0. The molecule has 2 aliphatic heterocycles. The normalized spacial score (nSPS) is 22.5. The molecular formula is C16H23ClFN3O. The van der Waals surface area contributed by atoms with Gasteiger partial charge in [0, 0.05) is 50.9 Å². The first-order valence-electron chi connectivity index (χ1n) is 7.65. The van der Waals surface area contributed by atoms with E-state index in [0.717, 1.165) is 51.3 Å². The fourth-order valence-corrected chi connectivity index (χ4v) is 3.31. The monoisotopic (exact) mass is 327 g/mol. The first-order chi connectivity index (χ1) is 10.1. The molecule has 1 N–H and O–H groups in total. The van der Waals surface area contributed by atoms with Crippen molar-refractivity contribution in [1.29, 1.82) is 0 Å². The van der Waals surface area contributed by atoms with Crippen LogP contribution in [0, 0.1) is 12.7 Å². The van der Waals surface area contributed by atoms with Gasteiger partial charge in [-0.1, -0.05) is 0 Å². The Morgan fingerprint density at radius 1 is 1.23 bits per heavy atom. The molecule has 0 spiro atoms. The molecule has 22 heavy (non-hydrogen) atoms. The maximum absolute atomic E-state index is 13.5. The summed E-state index contributed by atoms with van der Waals surface area (Å²) in [6.45, 7) is 7.48. The van der Waals surface area contributed by atoms with Gasteiger partial charge in [-0.15, -0.1) is 12.4 Å². The van der Waals surface area contributed by atoms with Gasteiger partial charge >= 0.3 is 0 Å². The summed E-state index contributed by atoms with van der Waals surface area (Å²) in [5, 5.41) is 3.35. The Balaban J connectivity index is 0.00000176. The van der Waals surface area contributed by atoms with Gasteiger partial charge in [0.05, 0.1) is 0 Å². The highest BCUT2D eigenvalue weighted by atomic mass is 35.5. The van der Waals surface area contributed by atoms with Crippen LogP contribution in [0.4, 0.5) is 4.39 Å². The van der Waals surface area contributed by atoms with E-state index >= 15 is 0 Å². The molecule has 0 aliphatic carbocycles. The van der Waals surface area contributed by atoms with Crippen LogP contribution in [-0.4, -0.2) is 61.0 Å². The Bertz CT molecular complexity index is 514. The number of benzene rings is 1. The smallest absolute Gasteiger partial charge is 0.254 e. The Hall–Kier alpha value is -1.17. The fourth-order valence-electron chi connectivity index (χ4n) is 3.31. The number of aryl methyl sites for hydroxylation is 1. The predicted octanol–water partition coefficient (Wildman–Crippen LogP) is 1.68. The van der Waals surface area contributed by atoms with Gasteiger partial charge in [0.25, 0.3) is 5.91 Å². The number of carbonyl (C=O) groups is 1. The van der Waals surface area contributed by atoms with Crippen molar-refractivity contribution in [1.82, 2.24) is 15.1 Å². The standard InChI is InChI=1S/C16H22FN3O.ClH/c1-12-8-13(10-14(17)9-12)16(21)20-5-2-15(11-20)19-6-3-18-4-7-19;/h8-10,15,18H,2-7,11H2,1H3;1H. The van der Waals surface area contributed by atoms with Gasteiger partial charge in [0.1, 0.15) is 5.82 Å². The predicted molar refractivity (Wildman–Crippen MR) is 87.1 cm³/mol. The highest BCUT2D eigenvalue weighted by molar-refractivity contribution is 5.94.